The molecule has 0 bridgehead atoms. The van der Waals surface area contributed by atoms with Crippen molar-refractivity contribution in [3.8, 4) is 0 Å². The third-order valence-electron chi connectivity index (χ3n) is 7.05. The first-order valence-electron chi connectivity index (χ1n) is 11.7. The van der Waals surface area contributed by atoms with Crippen molar-refractivity contribution < 1.29 is 0 Å². The van der Waals surface area contributed by atoms with Gasteiger partial charge in [0.05, 0.1) is 11.1 Å². The third kappa shape index (κ3) is 3.61. The van der Waals surface area contributed by atoms with Crippen LogP contribution < -0.4 is 10.5 Å². The van der Waals surface area contributed by atoms with Crippen LogP contribution in [-0.2, 0) is 12.0 Å². The molecule has 1 aliphatic heterocycles. The zero-order valence-electron chi connectivity index (χ0n) is 19.7. The monoisotopic (exact) mass is 442 g/mol. The number of nitrogens with zero attached hydrogens (tertiary/aromatic N) is 5. The highest BCUT2D eigenvalue weighted by atomic mass is 16.1. The zero-order valence-corrected chi connectivity index (χ0v) is 19.7. The van der Waals surface area contributed by atoms with Gasteiger partial charge >= 0.3 is 0 Å². The van der Waals surface area contributed by atoms with Crippen molar-refractivity contribution in [2.75, 3.05) is 11.4 Å². The molecule has 1 atom stereocenters. The van der Waals surface area contributed by atoms with E-state index < -0.39 is 6.04 Å². The standard InChI is InChI=1S/C26H30N6O/c1-5-26(3,4)32-24(28-29-30-32)23(31-15-9-13-18-11-6-7-14-21(18)31)20-16-19-12-8-10-17(2)22(19)27-25(20)33/h6-8,10-12,14,16,23H,5,9,13,15H2,1-4H3,(H,27,33)/t23-/m1/s1. The Morgan fingerprint density at radius 2 is 1.97 bits per heavy atom. The van der Waals surface area contributed by atoms with Crippen molar-refractivity contribution in [1.82, 2.24) is 25.2 Å². The molecule has 0 saturated carbocycles. The Morgan fingerprint density at radius 1 is 1.15 bits per heavy atom. The first-order valence-corrected chi connectivity index (χ1v) is 11.7. The van der Waals surface area contributed by atoms with Gasteiger partial charge in [-0.2, -0.15) is 0 Å². The molecule has 0 aliphatic carbocycles. The maximum absolute atomic E-state index is 13.5. The number of nitrogens with one attached hydrogen (secondary N) is 1. The van der Waals surface area contributed by atoms with Crippen LogP contribution in [0.3, 0.4) is 0 Å². The highest BCUT2D eigenvalue weighted by Gasteiger charge is 2.36. The molecule has 0 unspecified atom stereocenters. The predicted octanol–water partition coefficient (Wildman–Crippen LogP) is 4.51. The zero-order chi connectivity index (χ0) is 23.2. The van der Waals surface area contributed by atoms with E-state index >= 15 is 0 Å². The number of benzene rings is 2. The number of para-hydroxylation sites is 2. The maximum Gasteiger partial charge on any atom is 0.254 e. The fourth-order valence-corrected chi connectivity index (χ4v) is 4.83. The summed E-state index contributed by atoms with van der Waals surface area (Å²) in [7, 11) is 0. The van der Waals surface area contributed by atoms with Gasteiger partial charge in [0.1, 0.15) is 6.04 Å². The molecule has 33 heavy (non-hydrogen) atoms. The van der Waals surface area contributed by atoms with Crippen LogP contribution in [0, 0.1) is 6.92 Å². The lowest BCUT2D eigenvalue weighted by Crippen LogP contribution is -2.40. The highest BCUT2D eigenvalue weighted by Crippen LogP contribution is 2.38. The molecule has 0 amide bonds. The van der Waals surface area contributed by atoms with Crippen LogP contribution in [0.25, 0.3) is 10.9 Å². The van der Waals surface area contributed by atoms with Gasteiger partial charge in [-0.05, 0) is 79.1 Å². The molecule has 7 nitrogen and oxygen atoms in total. The van der Waals surface area contributed by atoms with Crippen LogP contribution in [0.4, 0.5) is 5.69 Å². The normalized spacial score (nSPS) is 15.0. The van der Waals surface area contributed by atoms with E-state index in [2.05, 4.69) is 70.4 Å². The summed E-state index contributed by atoms with van der Waals surface area (Å²) in [4.78, 5) is 19.0. The largest absolute Gasteiger partial charge is 0.357 e. The number of rotatable bonds is 5. The SMILES string of the molecule is CCC(C)(C)n1nnnc1[C@@H](c1cc2cccc(C)c2[nH]c1=O)N1CCCc2ccccc21. The molecule has 0 radical (unpaired) electrons. The molecule has 0 fully saturated rings. The number of anilines is 1. The Morgan fingerprint density at radius 3 is 2.79 bits per heavy atom. The van der Waals surface area contributed by atoms with Crippen molar-refractivity contribution in [2.45, 2.75) is 58.5 Å². The van der Waals surface area contributed by atoms with Crippen molar-refractivity contribution in [1.29, 1.82) is 0 Å². The molecular formula is C26H30N6O. The average molecular weight is 443 g/mol. The van der Waals surface area contributed by atoms with E-state index in [9.17, 15) is 4.79 Å². The van der Waals surface area contributed by atoms with E-state index in [4.69, 9.17) is 0 Å². The quantitative estimate of drug-likeness (QED) is 0.492. The molecule has 3 heterocycles. The van der Waals surface area contributed by atoms with Gasteiger partial charge in [0.15, 0.2) is 5.82 Å². The number of pyridine rings is 1. The second-order valence-corrected chi connectivity index (χ2v) is 9.54. The van der Waals surface area contributed by atoms with Gasteiger partial charge < -0.3 is 9.88 Å². The van der Waals surface area contributed by atoms with E-state index in [1.807, 2.05) is 35.9 Å². The van der Waals surface area contributed by atoms with Crippen molar-refractivity contribution in [3.63, 3.8) is 0 Å². The summed E-state index contributed by atoms with van der Waals surface area (Å²) < 4.78 is 1.90. The average Bonchev–Trinajstić information content (AvgIpc) is 3.31. The molecule has 1 N–H and O–H groups in total. The number of aromatic nitrogens is 5. The molecular weight excluding hydrogens is 412 g/mol. The first kappa shape index (κ1) is 21.4. The van der Waals surface area contributed by atoms with E-state index in [1.54, 1.807) is 0 Å². The Labute approximate surface area is 193 Å². The summed E-state index contributed by atoms with van der Waals surface area (Å²) in [6.45, 7) is 9.22. The minimum Gasteiger partial charge on any atom is -0.357 e. The number of aromatic amines is 1. The Kier molecular flexibility index (Phi) is 5.27. The van der Waals surface area contributed by atoms with E-state index in [1.165, 1.54) is 5.56 Å². The van der Waals surface area contributed by atoms with E-state index in [-0.39, 0.29) is 11.1 Å². The van der Waals surface area contributed by atoms with Crippen LogP contribution in [0.15, 0.2) is 53.3 Å². The maximum atomic E-state index is 13.5. The minimum atomic E-state index is -0.402. The van der Waals surface area contributed by atoms with Crippen molar-refractivity contribution in [3.05, 3.63) is 81.4 Å². The van der Waals surface area contributed by atoms with Crippen LogP contribution >= 0.6 is 0 Å². The number of tetrazole rings is 1. The fourth-order valence-electron chi connectivity index (χ4n) is 4.83. The molecule has 7 heteroatoms. The number of H-pyrrole nitrogens is 1. The van der Waals surface area contributed by atoms with Crippen LogP contribution in [0.5, 0.6) is 0 Å². The molecule has 4 aromatic rings. The molecule has 1 aliphatic rings. The lowest BCUT2D eigenvalue weighted by molar-refractivity contribution is 0.287. The van der Waals surface area contributed by atoms with Crippen LogP contribution in [0.1, 0.15) is 62.2 Å². The van der Waals surface area contributed by atoms with E-state index in [0.717, 1.165) is 48.0 Å². The highest BCUT2D eigenvalue weighted by molar-refractivity contribution is 5.82. The summed E-state index contributed by atoms with van der Waals surface area (Å²) in [5.74, 6) is 0.691. The lowest BCUT2D eigenvalue weighted by Gasteiger charge is -2.38. The van der Waals surface area contributed by atoms with Crippen molar-refractivity contribution >= 4 is 16.6 Å². The van der Waals surface area contributed by atoms with Crippen LogP contribution in [-0.4, -0.2) is 31.7 Å². The summed E-state index contributed by atoms with van der Waals surface area (Å²) >= 11 is 0. The predicted molar refractivity (Wildman–Crippen MR) is 131 cm³/mol. The van der Waals surface area contributed by atoms with Crippen molar-refractivity contribution in [2.24, 2.45) is 0 Å². The smallest absolute Gasteiger partial charge is 0.254 e. The molecule has 0 spiro atoms. The lowest BCUT2D eigenvalue weighted by atomic mass is 9.95. The summed E-state index contributed by atoms with van der Waals surface area (Å²) in [6.07, 6.45) is 2.90. The molecule has 0 saturated heterocycles. The number of hydrogen-bond donors (Lipinski definition) is 1. The molecule has 2 aromatic heterocycles. The first-order chi connectivity index (χ1) is 15.9. The van der Waals surface area contributed by atoms with Gasteiger partial charge in [0, 0.05) is 17.8 Å². The second-order valence-electron chi connectivity index (χ2n) is 9.54. The topological polar surface area (TPSA) is 79.7 Å². The number of hydrogen-bond acceptors (Lipinski definition) is 5. The van der Waals surface area contributed by atoms with E-state index in [0.29, 0.717) is 11.4 Å². The van der Waals surface area contributed by atoms with Gasteiger partial charge in [-0.15, -0.1) is 5.10 Å². The Balaban J connectivity index is 1.78. The molecule has 2 aromatic carbocycles. The summed E-state index contributed by atoms with van der Waals surface area (Å²) in [6, 6.07) is 16.1. The third-order valence-corrected chi connectivity index (χ3v) is 7.05. The Hall–Kier alpha value is -3.48. The van der Waals surface area contributed by atoms with Gasteiger partial charge in [-0.1, -0.05) is 43.3 Å². The Bertz CT molecular complexity index is 1370. The minimum absolute atomic E-state index is 0.103. The summed E-state index contributed by atoms with van der Waals surface area (Å²) in [5, 5.41) is 14.0. The molecule has 5 rings (SSSR count). The number of aryl methyl sites for hydroxylation is 2. The number of fused-ring (bicyclic) bond motifs is 2. The second kappa shape index (κ2) is 8.14. The van der Waals surface area contributed by atoms with Gasteiger partial charge in [-0.3, -0.25) is 4.79 Å². The van der Waals surface area contributed by atoms with Gasteiger partial charge in [0.2, 0.25) is 0 Å². The fraction of sp³-hybridized carbons (Fsp3) is 0.385. The summed E-state index contributed by atoms with van der Waals surface area (Å²) in [5.41, 5.74) is 4.62. The van der Waals surface area contributed by atoms with Gasteiger partial charge in [0.25, 0.3) is 5.56 Å². The van der Waals surface area contributed by atoms with Crippen LogP contribution in [0.2, 0.25) is 0 Å². The van der Waals surface area contributed by atoms with Gasteiger partial charge in [-0.25, -0.2) is 4.68 Å². The molecule has 170 valence electrons.